The molecule has 0 aromatic rings. The zero-order chi connectivity index (χ0) is 13.1. The first kappa shape index (κ1) is 15.1. The molecule has 0 aliphatic carbocycles. The van der Waals surface area contributed by atoms with E-state index < -0.39 is 23.5 Å². The van der Waals surface area contributed by atoms with Crippen LogP contribution in [0, 0.1) is 17.3 Å². The summed E-state index contributed by atoms with van der Waals surface area (Å²) in [7, 11) is 0. The van der Waals surface area contributed by atoms with Gasteiger partial charge in [0.1, 0.15) is 0 Å². The highest BCUT2D eigenvalue weighted by Crippen LogP contribution is 2.27. The molecule has 1 unspecified atom stereocenters. The minimum atomic E-state index is -1.07. The van der Waals surface area contributed by atoms with Gasteiger partial charge in [-0.3, -0.25) is 9.59 Å². The summed E-state index contributed by atoms with van der Waals surface area (Å²) in [5, 5.41) is 9.86. The lowest BCUT2D eigenvalue weighted by Gasteiger charge is -2.30. The highest BCUT2D eigenvalue weighted by Gasteiger charge is 2.40. The van der Waals surface area contributed by atoms with Crippen LogP contribution in [0.1, 0.15) is 41.5 Å². The van der Waals surface area contributed by atoms with E-state index in [1.54, 1.807) is 27.7 Å². The van der Waals surface area contributed by atoms with E-state index in [1.807, 2.05) is 13.8 Å². The minimum Gasteiger partial charge on any atom is -0.392 e. The summed E-state index contributed by atoms with van der Waals surface area (Å²) in [6.45, 7) is 10.1. The number of esters is 2. The molecule has 0 spiro atoms. The van der Waals surface area contributed by atoms with E-state index in [4.69, 9.17) is 4.74 Å². The van der Waals surface area contributed by atoms with Crippen LogP contribution in [0.3, 0.4) is 0 Å². The highest BCUT2D eigenvalue weighted by molar-refractivity contribution is 5.89. The summed E-state index contributed by atoms with van der Waals surface area (Å²) in [6, 6.07) is 0. The lowest BCUT2D eigenvalue weighted by molar-refractivity contribution is -0.173. The molecule has 0 heterocycles. The number of rotatable bonds is 4. The third kappa shape index (κ3) is 3.59. The van der Waals surface area contributed by atoms with Gasteiger partial charge in [0.15, 0.2) is 0 Å². The predicted molar refractivity (Wildman–Crippen MR) is 60.6 cm³/mol. The Kier molecular flexibility index (Phi) is 5.13. The molecule has 1 N–H and O–H groups in total. The standard InChI is InChI=1S/C12H22O4/c1-7(2)9(13)12(5,6)11(15)16-10(14)8(3)4/h7-9,13H,1-6H3. The summed E-state index contributed by atoms with van der Waals surface area (Å²) in [6.07, 6.45) is -0.833. The molecule has 94 valence electrons. The van der Waals surface area contributed by atoms with Crippen molar-refractivity contribution >= 4 is 11.9 Å². The van der Waals surface area contributed by atoms with Gasteiger partial charge in [-0.2, -0.15) is 0 Å². The van der Waals surface area contributed by atoms with E-state index >= 15 is 0 Å². The third-order valence-corrected chi connectivity index (χ3v) is 2.56. The Bertz CT molecular complexity index is 266. The van der Waals surface area contributed by atoms with Gasteiger partial charge < -0.3 is 9.84 Å². The Balaban J connectivity index is 4.65. The maximum atomic E-state index is 11.7. The molecule has 0 aliphatic rings. The summed E-state index contributed by atoms with van der Waals surface area (Å²) < 4.78 is 4.71. The average molecular weight is 230 g/mol. The van der Waals surface area contributed by atoms with Gasteiger partial charge in [-0.15, -0.1) is 0 Å². The Morgan fingerprint density at radius 3 is 1.88 bits per heavy atom. The summed E-state index contributed by atoms with van der Waals surface area (Å²) >= 11 is 0. The fourth-order valence-electron chi connectivity index (χ4n) is 1.29. The Morgan fingerprint density at radius 2 is 1.56 bits per heavy atom. The zero-order valence-electron chi connectivity index (χ0n) is 10.9. The summed E-state index contributed by atoms with van der Waals surface area (Å²) in [5.74, 6) is -1.66. The normalized spacial score (nSPS) is 14.1. The molecule has 0 bridgehead atoms. The van der Waals surface area contributed by atoms with Crippen molar-refractivity contribution in [2.75, 3.05) is 0 Å². The van der Waals surface area contributed by atoms with Crippen LogP contribution in [-0.2, 0) is 14.3 Å². The first-order valence-electron chi connectivity index (χ1n) is 5.54. The molecule has 0 radical (unpaired) electrons. The lowest BCUT2D eigenvalue weighted by Crippen LogP contribution is -2.42. The highest BCUT2D eigenvalue weighted by atomic mass is 16.6. The van der Waals surface area contributed by atoms with Gasteiger partial charge >= 0.3 is 11.9 Å². The predicted octanol–water partition coefficient (Wildman–Crippen LogP) is 1.76. The number of carbonyl (C=O) groups excluding carboxylic acids is 2. The summed E-state index contributed by atoms with van der Waals surface area (Å²) in [5.41, 5.74) is -1.07. The van der Waals surface area contributed by atoms with Crippen molar-refractivity contribution in [3.8, 4) is 0 Å². The first-order chi connectivity index (χ1) is 7.10. The van der Waals surface area contributed by atoms with Gasteiger partial charge in [0.25, 0.3) is 0 Å². The molecular weight excluding hydrogens is 208 g/mol. The van der Waals surface area contributed by atoms with Crippen molar-refractivity contribution in [2.45, 2.75) is 47.6 Å². The van der Waals surface area contributed by atoms with Gasteiger partial charge in [0.05, 0.1) is 17.4 Å². The number of carbonyl (C=O) groups is 2. The number of aliphatic hydroxyl groups is 1. The van der Waals surface area contributed by atoms with Gasteiger partial charge in [-0.25, -0.2) is 0 Å². The SMILES string of the molecule is CC(C)C(=O)OC(=O)C(C)(C)C(O)C(C)C. The molecule has 0 aromatic heterocycles. The van der Waals surface area contributed by atoms with Crippen LogP contribution >= 0.6 is 0 Å². The average Bonchev–Trinajstić information content (AvgIpc) is 2.15. The maximum absolute atomic E-state index is 11.7. The van der Waals surface area contributed by atoms with Crippen molar-refractivity contribution < 1.29 is 19.4 Å². The Hall–Kier alpha value is -0.900. The number of ether oxygens (including phenoxy) is 1. The third-order valence-electron chi connectivity index (χ3n) is 2.56. The number of hydrogen-bond acceptors (Lipinski definition) is 4. The fraction of sp³-hybridized carbons (Fsp3) is 0.833. The largest absolute Gasteiger partial charge is 0.392 e. The topological polar surface area (TPSA) is 63.6 Å². The molecule has 4 nitrogen and oxygen atoms in total. The number of hydrogen-bond donors (Lipinski definition) is 1. The molecule has 4 heteroatoms. The van der Waals surface area contributed by atoms with Crippen molar-refractivity contribution in [2.24, 2.45) is 17.3 Å². The quantitative estimate of drug-likeness (QED) is 0.590. The summed E-state index contributed by atoms with van der Waals surface area (Å²) in [4.78, 5) is 23.0. The second-order valence-corrected chi connectivity index (χ2v) is 5.27. The molecule has 0 amide bonds. The first-order valence-corrected chi connectivity index (χ1v) is 5.54. The van der Waals surface area contributed by atoms with Gasteiger partial charge in [0, 0.05) is 0 Å². The number of aliphatic hydroxyl groups excluding tert-OH is 1. The zero-order valence-corrected chi connectivity index (χ0v) is 10.9. The molecule has 0 saturated heterocycles. The van der Waals surface area contributed by atoms with Crippen molar-refractivity contribution in [1.82, 2.24) is 0 Å². The van der Waals surface area contributed by atoms with Crippen LogP contribution in [0.25, 0.3) is 0 Å². The van der Waals surface area contributed by atoms with Gasteiger partial charge in [-0.05, 0) is 19.8 Å². The van der Waals surface area contributed by atoms with E-state index in [-0.39, 0.29) is 11.8 Å². The van der Waals surface area contributed by atoms with Crippen LogP contribution in [-0.4, -0.2) is 23.1 Å². The van der Waals surface area contributed by atoms with Crippen LogP contribution in [0.15, 0.2) is 0 Å². The second kappa shape index (κ2) is 5.43. The molecular formula is C12H22O4. The van der Waals surface area contributed by atoms with Gasteiger partial charge in [-0.1, -0.05) is 27.7 Å². The monoisotopic (exact) mass is 230 g/mol. The molecule has 16 heavy (non-hydrogen) atoms. The molecule has 0 saturated carbocycles. The fourth-order valence-corrected chi connectivity index (χ4v) is 1.29. The molecule has 0 aromatic carbocycles. The van der Waals surface area contributed by atoms with E-state index in [2.05, 4.69) is 0 Å². The van der Waals surface area contributed by atoms with Crippen LogP contribution in [0.4, 0.5) is 0 Å². The maximum Gasteiger partial charge on any atom is 0.321 e. The van der Waals surface area contributed by atoms with E-state index in [1.165, 1.54) is 0 Å². The molecule has 0 rings (SSSR count). The van der Waals surface area contributed by atoms with Crippen LogP contribution < -0.4 is 0 Å². The molecule has 0 fully saturated rings. The molecule has 0 aliphatic heterocycles. The van der Waals surface area contributed by atoms with E-state index in [9.17, 15) is 14.7 Å². The van der Waals surface area contributed by atoms with Crippen LogP contribution in [0.2, 0.25) is 0 Å². The van der Waals surface area contributed by atoms with Crippen molar-refractivity contribution in [1.29, 1.82) is 0 Å². The van der Waals surface area contributed by atoms with E-state index in [0.717, 1.165) is 0 Å². The molecule has 1 atom stereocenters. The lowest BCUT2D eigenvalue weighted by atomic mass is 9.81. The van der Waals surface area contributed by atoms with E-state index in [0.29, 0.717) is 0 Å². The van der Waals surface area contributed by atoms with Crippen molar-refractivity contribution in [3.05, 3.63) is 0 Å². The van der Waals surface area contributed by atoms with Crippen LogP contribution in [0.5, 0.6) is 0 Å². The van der Waals surface area contributed by atoms with Crippen molar-refractivity contribution in [3.63, 3.8) is 0 Å². The Labute approximate surface area is 97.0 Å². The van der Waals surface area contributed by atoms with Gasteiger partial charge in [0.2, 0.25) is 0 Å². The second-order valence-electron chi connectivity index (χ2n) is 5.27. The smallest absolute Gasteiger partial charge is 0.321 e. The Morgan fingerprint density at radius 1 is 1.12 bits per heavy atom. The minimum absolute atomic E-state index is 0.0725.